The predicted octanol–water partition coefficient (Wildman–Crippen LogP) is -0.863. The van der Waals surface area contributed by atoms with Crippen LogP contribution < -0.4 is 10.6 Å². The Balaban J connectivity index is 1.99. The Kier molecular flexibility index (Phi) is 3.49. The van der Waals surface area contributed by atoms with Crippen LogP contribution in [0.4, 0.5) is 4.79 Å². The Morgan fingerprint density at radius 3 is 2.63 bits per heavy atom. The summed E-state index contributed by atoms with van der Waals surface area (Å²) in [7, 11) is 1.71. The van der Waals surface area contributed by atoms with Gasteiger partial charge in [0.1, 0.15) is 12.1 Å². The molecule has 0 radical (unpaired) electrons. The van der Waals surface area contributed by atoms with Crippen molar-refractivity contribution in [3.63, 3.8) is 0 Å². The number of carbonyl (C=O) groups is 3. The maximum Gasteiger partial charge on any atom is 0.325 e. The SMILES string of the molecule is CN(C(=O)CN1C(=O)NC(C)(C)C1=O)[C@H]1CCNC1. The highest BCUT2D eigenvalue weighted by Gasteiger charge is 2.45. The molecule has 0 spiro atoms. The molecule has 0 unspecified atom stereocenters. The Morgan fingerprint density at radius 2 is 2.16 bits per heavy atom. The van der Waals surface area contributed by atoms with Crippen LogP contribution >= 0.6 is 0 Å². The first kappa shape index (κ1) is 13.8. The number of amides is 4. The first-order valence-corrected chi connectivity index (χ1v) is 6.43. The Morgan fingerprint density at radius 1 is 1.47 bits per heavy atom. The largest absolute Gasteiger partial charge is 0.340 e. The van der Waals surface area contributed by atoms with E-state index in [-0.39, 0.29) is 24.4 Å². The standard InChI is InChI=1S/C12H20N4O3/c1-12(2)10(18)16(11(19)14-12)7-9(17)15(3)8-4-5-13-6-8/h8,13H,4-7H2,1-3H3,(H,14,19)/t8-/m0/s1. The van der Waals surface area contributed by atoms with Crippen LogP contribution in [-0.2, 0) is 9.59 Å². The van der Waals surface area contributed by atoms with Crippen molar-refractivity contribution in [1.82, 2.24) is 20.4 Å². The normalized spacial score (nSPS) is 25.6. The van der Waals surface area contributed by atoms with Crippen LogP contribution in [0.2, 0.25) is 0 Å². The number of urea groups is 1. The van der Waals surface area contributed by atoms with E-state index in [0.717, 1.165) is 24.4 Å². The van der Waals surface area contributed by atoms with Gasteiger partial charge in [0.15, 0.2) is 0 Å². The van der Waals surface area contributed by atoms with Gasteiger partial charge in [0.25, 0.3) is 5.91 Å². The summed E-state index contributed by atoms with van der Waals surface area (Å²) < 4.78 is 0. The van der Waals surface area contributed by atoms with Crippen molar-refractivity contribution in [2.75, 3.05) is 26.7 Å². The lowest BCUT2D eigenvalue weighted by molar-refractivity contribution is -0.138. The highest BCUT2D eigenvalue weighted by atomic mass is 16.2. The Hall–Kier alpha value is -1.63. The van der Waals surface area contributed by atoms with Gasteiger partial charge in [-0.3, -0.25) is 14.5 Å². The van der Waals surface area contributed by atoms with Crippen molar-refractivity contribution >= 4 is 17.8 Å². The minimum atomic E-state index is -0.926. The van der Waals surface area contributed by atoms with E-state index in [1.54, 1.807) is 25.8 Å². The molecule has 1 atom stereocenters. The van der Waals surface area contributed by atoms with Crippen LogP contribution in [0.5, 0.6) is 0 Å². The lowest BCUT2D eigenvalue weighted by Crippen LogP contribution is -2.46. The zero-order valence-corrected chi connectivity index (χ0v) is 11.5. The zero-order chi connectivity index (χ0) is 14.2. The number of hydrogen-bond acceptors (Lipinski definition) is 4. The summed E-state index contributed by atoms with van der Waals surface area (Å²) in [5.41, 5.74) is -0.926. The molecular weight excluding hydrogens is 248 g/mol. The van der Waals surface area contributed by atoms with E-state index < -0.39 is 11.6 Å². The first-order chi connectivity index (χ1) is 8.83. The monoisotopic (exact) mass is 268 g/mol. The molecule has 2 N–H and O–H groups in total. The molecule has 106 valence electrons. The maximum absolute atomic E-state index is 12.1. The maximum atomic E-state index is 12.1. The van der Waals surface area contributed by atoms with E-state index in [1.807, 2.05) is 0 Å². The van der Waals surface area contributed by atoms with Gasteiger partial charge in [0.2, 0.25) is 5.91 Å². The van der Waals surface area contributed by atoms with Gasteiger partial charge in [-0.1, -0.05) is 0 Å². The summed E-state index contributed by atoms with van der Waals surface area (Å²) in [6.07, 6.45) is 0.897. The van der Waals surface area contributed by atoms with E-state index in [2.05, 4.69) is 10.6 Å². The van der Waals surface area contributed by atoms with Gasteiger partial charge in [-0.25, -0.2) is 4.79 Å². The summed E-state index contributed by atoms with van der Waals surface area (Å²) in [5.74, 6) is -0.571. The van der Waals surface area contributed by atoms with E-state index in [1.165, 1.54) is 0 Å². The van der Waals surface area contributed by atoms with Gasteiger partial charge < -0.3 is 15.5 Å². The molecule has 0 aromatic rings. The molecule has 19 heavy (non-hydrogen) atoms. The van der Waals surface area contributed by atoms with Crippen LogP contribution in [-0.4, -0.2) is 65.9 Å². The summed E-state index contributed by atoms with van der Waals surface area (Å²) >= 11 is 0. The Bertz CT molecular complexity index is 415. The average Bonchev–Trinajstić information content (AvgIpc) is 2.91. The second kappa shape index (κ2) is 4.80. The van der Waals surface area contributed by atoms with Crippen LogP contribution in [0.15, 0.2) is 0 Å². The first-order valence-electron chi connectivity index (χ1n) is 6.43. The fraction of sp³-hybridized carbons (Fsp3) is 0.750. The fourth-order valence-electron chi connectivity index (χ4n) is 2.38. The van der Waals surface area contributed by atoms with Gasteiger partial charge in [-0.2, -0.15) is 0 Å². The van der Waals surface area contributed by atoms with E-state index in [9.17, 15) is 14.4 Å². The molecule has 0 aromatic carbocycles. The third-order valence-electron chi connectivity index (χ3n) is 3.71. The van der Waals surface area contributed by atoms with E-state index in [4.69, 9.17) is 0 Å². The highest BCUT2D eigenvalue weighted by Crippen LogP contribution is 2.17. The minimum Gasteiger partial charge on any atom is -0.340 e. The van der Waals surface area contributed by atoms with Crippen LogP contribution in [0.3, 0.4) is 0 Å². The molecule has 2 saturated heterocycles. The molecule has 2 fully saturated rings. The fourth-order valence-corrected chi connectivity index (χ4v) is 2.38. The van der Waals surface area contributed by atoms with Crippen molar-refractivity contribution in [3.05, 3.63) is 0 Å². The second-order valence-corrected chi connectivity index (χ2v) is 5.60. The molecule has 2 heterocycles. The summed E-state index contributed by atoms with van der Waals surface area (Å²) in [6, 6.07) is -0.359. The van der Waals surface area contributed by atoms with Crippen molar-refractivity contribution < 1.29 is 14.4 Å². The third kappa shape index (κ3) is 2.56. The summed E-state index contributed by atoms with van der Waals surface area (Å²) in [6.45, 7) is 4.71. The number of imide groups is 1. The van der Waals surface area contributed by atoms with E-state index >= 15 is 0 Å². The number of carbonyl (C=O) groups excluding carboxylic acids is 3. The topological polar surface area (TPSA) is 81.8 Å². The quantitative estimate of drug-likeness (QED) is 0.652. The number of rotatable bonds is 3. The van der Waals surface area contributed by atoms with Crippen molar-refractivity contribution in [3.8, 4) is 0 Å². The predicted molar refractivity (Wildman–Crippen MR) is 68.4 cm³/mol. The Labute approximate surface area is 112 Å². The summed E-state index contributed by atoms with van der Waals surface area (Å²) in [5, 5.41) is 5.74. The van der Waals surface area contributed by atoms with Crippen LogP contribution in [0.1, 0.15) is 20.3 Å². The third-order valence-corrected chi connectivity index (χ3v) is 3.71. The number of hydrogen-bond donors (Lipinski definition) is 2. The smallest absolute Gasteiger partial charge is 0.325 e. The molecular formula is C12H20N4O3. The number of likely N-dealkylation sites (N-methyl/N-ethyl adjacent to an activating group) is 1. The van der Waals surface area contributed by atoms with Crippen molar-refractivity contribution in [1.29, 1.82) is 0 Å². The molecule has 2 rings (SSSR count). The van der Waals surface area contributed by atoms with Crippen molar-refractivity contribution in [2.45, 2.75) is 31.8 Å². The molecule has 0 aromatic heterocycles. The van der Waals surface area contributed by atoms with E-state index in [0.29, 0.717) is 0 Å². The van der Waals surface area contributed by atoms with Gasteiger partial charge in [-0.15, -0.1) is 0 Å². The molecule has 0 saturated carbocycles. The van der Waals surface area contributed by atoms with Gasteiger partial charge in [-0.05, 0) is 26.8 Å². The lowest BCUT2D eigenvalue weighted by Gasteiger charge is -2.25. The molecule has 4 amide bonds. The zero-order valence-electron chi connectivity index (χ0n) is 11.5. The lowest BCUT2D eigenvalue weighted by atomic mass is 10.1. The number of nitrogens with one attached hydrogen (secondary N) is 2. The van der Waals surface area contributed by atoms with Gasteiger partial charge in [0, 0.05) is 19.6 Å². The highest BCUT2D eigenvalue weighted by molar-refractivity contribution is 6.08. The molecule has 2 aliphatic rings. The molecule has 2 aliphatic heterocycles. The molecule has 7 heteroatoms. The second-order valence-electron chi connectivity index (χ2n) is 5.60. The van der Waals surface area contributed by atoms with Gasteiger partial charge in [0.05, 0.1) is 0 Å². The molecule has 7 nitrogen and oxygen atoms in total. The van der Waals surface area contributed by atoms with Crippen LogP contribution in [0, 0.1) is 0 Å². The molecule has 0 aliphatic carbocycles. The average molecular weight is 268 g/mol. The number of nitrogens with zero attached hydrogens (tertiary/aromatic N) is 2. The van der Waals surface area contributed by atoms with Gasteiger partial charge >= 0.3 is 6.03 Å². The summed E-state index contributed by atoms with van der Waals surface area (Å²) in [4.78, 5) is 38.4. The molecule has 0 bridgehead atoms. The van der Waals surface area contributed by atoms with Crippen LogP contribution in [0.25, 0.3) is 0 Å². The minimum absolute atomic E-state index is 0.140. The van der Waals surface area contributed by atoms with Crippen molar-refractivity contribution in [2.24, 2.45) is 0 Å².